The van der Waals surface area contributed by atoms with Gasteiger partial charge in [-0.25, -0.2) is 4.79 Å². The van der Waals surface area contributed by atoms with Crippen molar-refractivity contribution in [1.29, 1.82) is 0 Å². The van der Waals surface area contributed by atoms with Crippen LogP contribution >= 0.6 is 11.6 Å². The molecule has 4 rings (SSSR count). The first-order valence-electron chi connectivity index (χ1n) is 9.65. The summed E-state index contributed by atoms with van der Waals surface area (Å²) in [6.45, 7) is 0.571. The predicted molar refractivity (Wildman–Crippen MR) is 113 cm³/mol. The molecule has 3 aromatic rings. The van der Waals surface area contributed by atoms with Crippen molar-refractivity contribution in [3.63, 3.8) is 0 Å². The predicted octanol–water partition coefficient (Wildman–Crippen LogP) is 4.43. The zero-order valence-corrected chi connectivity index (χ0v) is 17.3. The Morgan fingerprint density at radius 3 is 2.62 bits per heavy atom. The van der Waals surface area contributed by atoms with Crippen LogP contribution in [0, 0.1) is 0 Å². The van der Waals surface area contributed by atoms with Crippen molar-refractivity contribution in [2.24, 2.45) is 0 Å². The van der Waals surface area contributed by atoms with Crippen molar-refractivity contribution in [2.75, 3.05) is 18.4 Å². The molecule has 0 radical (unpaired) electrons. The fraction of sp³-hybridized carbons (Fsp3) is 0.238. The topological polar surface area (TPSA) is 86.5 Å². The highest BCUT2D eigenvalue weighted by Crippen LogP contribution is 2.29. The summed E-state index contributed by atoms with van der Waals surface area (Å²) in [5, 5.41) is 6.74. The number of nitrogens with zero attached hydrogens (tertiary/aromatic N) is 1. The first-order valence-corrected chi connectivity index (χ1v) is 10.0. The number of amides is 3. The molecule has 11 heteroatoms. The van der Waals surface area contributed by atoms with E-state index in [1.165, 1.54) is 12.1 Å². The Bertz CT molecular complexity index is 1160. The molecule has 1 aliphatic rings. The number of hydrogen-bond acceptors (Lipinski definition) is 3. The fourth-order valence-corrected chi connectivity index (χ4v) is 3.77. The van der Waals surface area contributed by atoms with E-state index >= 15 is 0 Å². The number of H-pyrrole nitrogens is 1. The van der Waals surface area contributed by atoms with Gasteiger partial charge in [0, 0.05) is 33.9 Å². The maximum Gasteiger partial charge on any atom is 0.573 e. The number of hydrogen-bond donors (Lipinski definition) is 3. The Morgan fingerprint density at radius 2 is 1.91 bits per heavy atom. The van der Waals surface area contributed by atoms with Crippen LogP contribution in [0.1, 0.15) is 11.3 Å². The number of nitrogens with one attached hydrogen (secondary N) is 3. The number of carbonyl (C=O) groups excluding carboxylic acids is 2. The number of benzene rings is 2. The Morgan fingerprint density at radius 1 is 1.16 bits per heavy atom. The number of alkyl halides is 3. The van der Waals surface area contributed by atoms with Crippen molar-refractivity contribution < 1.29 is 27.5 Å². The summed E-state index contributed by atoms with van der Waals surface area (Å²) in [4.78, 5) is 29.5. The van der Waals surface area contributed by atoms with Crippen LogP contribution in [0.3, 0.4) is 0 Å². The standard InChI is InChI=1S/C21H18ClF3N4O3/c22-12-1-6-17-16(9-12)15-7-8-29(11-18(15)28-17)20(31)26-10-19(30)27-13-2-4-14(5-3-13)32-21(23,24)25/h1-6,9,28H,7-8,10-11H2,(H,26,31)(H,27,30). The molecule has 3 N–H and O–H groups in total. The number of aromatic nitrogens is 1. The second kappa shape index (κ2) is 8.62. The molecule has 32 heavy (non-hydrogen) atoms. The van der Waals surface area contributed by atoms with Gasteiger partial charge >= 0.3 is 12.4 Å². The second-order valence-corrected chi connectivity index (χ2v) is 7.66. The van der Waals surface area contributed by atoms with E-state index in [-0.39, 0.29) is 12.2 Å². The SMILES string of the molecule is O=C(CNC(=O)N1CCc2c([nH]c3ccc(Cl)cc23)C1)Nc1ccc(OC(F)(F)F)cc1. The van der Waals surface area contributed by atoms with Crippen molar-refractivity contribution in [1.82, 2.24) is 15.2 Å². The van der Waals surface area contributed by atoms with Crippen LogP contribution in [0.4, 0.5) is 23.7 Å². The number of rotatable bonds is 4. The zero-order chi connectivity index (χ0) is 22.9. The van der Waals surface area contributed by atoms with Crippen LogP contribution in [-0.4, -0.2) is 41.3 Å². The van der Waals surface area contributed by atoms with Crippen molar-refractivity contribution in [3.8, 4) is 5.75 Å². The van der Waals surface area contributed by atoms with Crippen LogP contribution in [0.2, 0.25) is 5.02 Å². The molecule has 168 valence electrons. The number of carbonyl (C=O) groups is 2. The first kappa shape index (κ1) is 21.8. The molecule has 1 aliphatic heterocycles. The number of aromatic amines is 1. The van der Waals surface area contributed by atoms with Crippen LogP contribution < -0.4 is 15.4 Å². The van der Waals surface area contributed by atoms with Crippen molar-refractivity contribution in [3.05, 3.63) is 58.7 Å². The molecule has 0 unspecified atom stereocenters. The number of halogens is 4. The molecule has 0 fully saturated rings. The van der Waals surface area contributed by atoms with Gasteiger partial charge in [0.25, 0.3) is 0 Å². The van der Waals surface area contributed by atoms with Gasteiger partial charge in [-0.2, -0.15) is 0 Å². The van der Waals surface area contributed by atoms with Gasteiger partial charge in [0.15, 0.2) is 0 Å². The molecular weight excluding hydrogens is 449 g/mol. The van der Waals surface area contributed by atoms with E-state index in [1.807, 2.05) is 12.1 Å². The lowest BCUT2D eigenvalue weighted by Crippen LogP contribution is -2.45. The van der Waals surface area contributed by atoms with Crippen LogP contribution in [-0.2, 0) is 17.8 Å². The number of urea groups is 1. The van der Waals surface area contributed by atoms with Crippen LogP contribution in [0.5, 0.6) is 5.75 Å². The van der Waals surface area contributed by atoms with Gasteiger partial charge in [-0.05, 0) is 54.4 Å². The Balaban J connectivity index is 1.29. The summed E-state index contributed by atoms with van der Waals surface area (Å²) >= 11 is 6.08. The second-order valence-electron chi connectivity index (χ2n) is 7.22. The fourth-order valence-electron chi connectivity index (χ4n) is 3.60. The van der Waals surface area contributed by atoms with Gasteiger partial charge < -0.3 is 25.3 Å². The average Bonchev–Trinajstić information content (AvgIpc) is 3.09. The quantitative estimate of drug-likeness (QED) is 0.532. The van der Waals surface area contributed by atoms with Crippen LogP contribution in [0.15, 0.2) is 42.5 Å². The third kappa shape index (κ3) is 5.08. The lowest BCUT2D eigenvalue weighted by atomic mass is 10.0. The highest BCUT2D eigenvalue weighted by molar-refractivity contribution is 6.31. The largest absolute Gasteiger partial charge is 0.573 e. The summed E-state index contributed by atoms with van der Waals surface area (Å²) in [6, 6.07) is 9.91. The number of fused-ring (bicyclic) bond motifs is 3. The molecule has 2 aromatic carbocycles. The maximum absolute atomic E-state index is 12.5. The van der Waals surface area contributed by atoms with Gasteiger partial charge in [0.1, 0.15) is 5.75 Å². The lowest BCUT2D eigenvalue weighted by Gasteiger charge is -2.27. The maximum atomic E-state index is 12.5. The Kier molecular flexibility index (Phi) is 5.88. The number of ether oxygens (including phenoxy) is 1. The van der Waals surface area contributed by atoms with E-state index < -0.39 is 24.1 Å². The Labute approximate surface area is 185 Å². The smallest absolute Gasteiger partial charge is 0.406 e. The third-order valence-electron chi connectivity index (χ3n) is 5.00. The van der Waals surface area contributed by atoms with E-state index in [1.54, 1.807) is 11.0 Å². The first-order chi connectivity index (χ1) is 15.2. The minimum atomic E-state index is -4.79. The van der Waals surface area contributed by atoms with E-state index in [4.69, 9.17) is 11.6 Å². The third-order valence-corrected chi connectivity index (χ3v) is 5.23. The van der Waals surface area contributed by atoms with Gasteiger partial charge in [0.05, 0.1) is 13.1 Å². The zero-order valence-electron chi connectivity index (χ0n) is 16.6. The van der Waals surface area contributed by atoms with E-state index in [2.05, 4.69) is 20.4 Å². The van der Waals surface area contributed by atoms with Gasteiger partial charge in [-0.3, -0.25) is 4.79 Å². The summed E-state index contributed by atoms with van der Waals surface area (Å²) in [7, 11) is 0. The molecule has 3 amide bonds. The highest BCUT2D eigenvalue weighted by atomic mass is 35.5. The molecular formula is C21H18ClF3N4O3. The van der Waals surface area contributed by atoms with Crippen LogP contribution in [0.25, 0.3) is 10.9 Å². The summed E-state index contributed by atoms with van der Waals surface area (Å²) in [5.74, 6) is -0.909. The highest BCUT2D eigenvalue weighted by Gasteiger charge is 2.31. The molecule has 0 bridgehead atoms. The molecule has 7 nitrogen and oxygen atoms in total. The molecule has 1 aromatic heterocycles. The number of anilines is 1. The van der Waals surface area contributed by atoms with E-state index in [0.717, 1.165) is 34.3 Å². The minimum absolute atomic E-state index is 0.276. The monoisotopic (exact) mass is 466 g/mol. The lowest BCUT2D eigenvalue weighted by molar-refractivity contribution is -0.274. The molecule has 0 saturated carbocycles. The van der Waals surface area contributed by atoms with Gasteiger partial charge in [-0.1, -0.05) is 11.6 Å². The molecule has 0 saturated heterocycles. The Hall–Kier alpha value is -3.40. The van der Waals surface area contributed by atoms with E-state index in [0.29, 0.717) is 24.5 Å². The normalized spacial score (nSPS) is 13.6. The summed E-state index contributed by atoms with van der Waals surface area (Å²) in [6.07, 6.45) is -4.13. The minimum Gasteiger partial charge on any atom is -0.406 e. The molecule has 2 heterocycles. The van der Waals surface area contributed by atoms with E-state index in [9.17, 15) is 22.8 Å². The van der Waals surface area contributed by atoms with Crippen molar-refractivity contribution >= 4 is 40.1 Å². The van der Waals surface area contributed by atoms with Gasteiger partial charge in [-0.15, -0.1) is 13.2 Å². The van der Waals surface area contributed by atoms with Crippen molar-refractivity contribution in [2.45, 2.75) is 19.3 Å². The molecule has 0 atom stereocenters. The van der Waals surface area contributed by atoms with Gasteiger partial charge in [0.2, 0.25) is 5.91 Å². The molecule has 0 spiro atoms. The molecule has 0 aliphatic carbocycles. The summed E-state index contributed by atoms with van der Waals surface area (Å²) in [5.41, 5.74) is 3.28. The average molecular weight is 467 g/mol. The summed E-state index contributed by atoms with van der Waals surface area (Å²) < 4.78 is 40.3.